The summed E-state index contributed by atoms with van der Waals surface area (Å²) in [6.07, 6.45) is -2.63. The molecule has 8 nitrogen and oxygen atoms in total. The molecule has 2 aliphatic carbocycles. The SMILES string of the molecule is CC(=O)OC1C2CC3C(C(=O)N(C(C)C)C31)C2C(=O)OC(C(C)(C)C)C(F)(F)C(=O)[O-]. The maximum Gasteiger partial charge on any atom is 0.323 e. The maximum atomic E-state index is 14.3. The molecule has 0 spiro atoms. The van der Waals surface area contributed by atoms with Gasteiger partial charge in [-0.1, -0.05) is 20.8 Å². The molecule has 0 aromatic carbocycles. The molecule has 31 heavy (non-hydrogen) atoms. The Kier molecular flexibility index (Phi) is 5.59. The highest BCUT2D eigenvalue weighted by molar-refractivity contribution is 5.90. The monoisotopic (exact) mass is 444 g/mol. The van der Waals surface area contributed by atoms with Gasteiger partial charge in [-0.25, -0.2) is 0 Å². The molecule has 7 unspecified atom stereocenters. The summed E-state index contributed by atoms with van der Waals surface area (Å²) in [4.78, 5) is 50.6. The molecule has 2 bridgehead atoms. The number of carboxylic acids is 1. The van der Waals surface area contributed by atoms with E-state index in [4.69, 9.17) is 9.47 Å². The van der Waals surface area contributed by atoms with E-state index in [1.165, 1.54) is 27.7 Å². The van der Waals surface area contributed by atoms with E-state index in [-0.39, 0.29) is 23.9 Å². The molecular weight excluding hydrogens is 416 g/mol. The van der Waals surface area contributed by atoms with Crippen molar-refractivity contribution in [2.45, 2.75) is 78.2 Å². The number of carbonyl (C=O) groups is 4. The highest BCUT2D eigenvalue weighted by Gasteiger charge is 2.71. The molecule has 0 radical (unpaired) electrons. The van der Waals surface area contributed by atoms with E-state index in [2.05, 4.69) is 0 Å². The van der Waals surface area contributed by atoms with Gasteiger partial charge in [0.25, 0.3) is 0 Å². The Labute approximate surface area is 179 Å². The van der Waals surface area contributed by atoms with Gasteiger partial charge in [-0.15, -0.1) is 0 Å². The second-order valence-electron chi connectivity index (χ2n) is 10.1. The normalized spacial score (nSPS) is 33.1. The van der Waals surface area contributed by atoms with Crippen LogP contribution in [0.5, 0.6) is 0 Å². The number of nitrogens with zero attached hydrogens (tertiary/aromatic N) is 1. The molecule has 1 heterocycles. The first kappa shape index (κ1) is 23.4. The molecule has 3 rings (SSSR count). The topological polar surface area (TPSA) is 113 Å². The lowest BCUT2D eigenvalue weighted by Crippen LogP contribution is -2.57. The summed E-state index contributed by atoms with van der Waals surface area (Å²) in [7, 11) is 0. The molecule has 3 fully saturated rings. The number of ether oxygens (including phenoxy) is 2. The number of rotatable bonds is 6. The van der Waals surface area contributed by atoms with Crippen LogP contribution in [0.2, 0.25) is 0 Å². The first-order valence-corrected chi connectivity index (χ1v) is 10.4. The van der Waals surface area contributed by atoms with Crippen LogP contribution in [0.1, 0.15) is 48.0 Å². The summed E-state index contributed by atoms with van der Waals surface area (Å²) >= 11 is 0. The summed E-state index contributed by atoms with van der Waals surface area (Å²) in [6.45, 7) is 8.81. The van der Waals surface area contributed by atoms with E-state index in [9.17, 15) is 33.1 Å². The quantitative estimate of drug-likeness (QED) is 0.556. The minimum atomic E-state index is -4.42. The van der Waals surface area contributed by atoms with Crippen LogP contribution in [-0.2, 0) is 28.7 Å². The standard InChI is InChI=1S/C21H29F2NO7/c1-8(2)24-14-10-7-11(15(14)30-9(3)25)13(12(10)16(24)26)17(27)31-18(20(4,5)6)21(22,23)19(28)29/h8,10-15,18H,7H2,1-6H3,(H,28,29)/p-1. The largest absolute Gasteiger partial charge is 0.544 e. The van der Waals surface area contributed by atoms with Crippen molar-refractivity contribution >= 4 is 23.8 Å². The van der Waals surface area contributed by atoms with Gasteiger partial charge in [0.2, 0.25) is 5.91 Å². The van der Waals surface area contributed by atoms with E-state index in [1.807, 2.05) is 13.8 Å². The van der Waals surface area contributed by atoms with E-state index in [0.717, 1.165) is 0 Å². The van der Waals surface area contributed by atoms with Crippen molar-refractivity contribution in [3.05, 3.63) is 0 Å². The average molecular weight is 444 g/mol. The number of halogens is 2. The average Bonchev–Trinajstić information content (AvgIpc) is 3.20. The third kappa shape index (κ3) is 3.57. The first-order chi connectivity index (χ1) is 14.1. The van der Waals surface area contributed by atoms with Crippen LogP contribution in [0.3, 0.4) is 0 Å². The summed E-state index contributed by atoms with van der Waals surface area (Å²) in [5.41, 5.74) is -1.42. The molecule has 10 heteroatoms. The zero-order chi connectivity index (χ0) is 23.6. The molecule has 0 N–H and O–H groups in total. The molecule has 1 saturated heterocycles. The van der Waals surface area contributed by atoms with Crippen LogP contribution < -0.4 is 5.11 Å². The van der Waals surface area contributed by atoms with Gasteiger partial charge in [-0.05, 0) is 26.2 Å². The molecule has 0 aromatic rings. The Bertz CT molecular complexity index is 806. The van der Waals surface area contributed by atoms with Gasteiger partial charge in [0.15, 0.2) is 6.10 Å². The van der Waals surface area contributed by atoms with Crippen LogP contribution in [0.15, 0.2) is 0 Å². The van der Waals surface area contributed by atoms with E-state index in [1.54, 1.807) is 4.90 Å². The predicted molar refractivity (Wildman–Crippen MR) is 99.2 cm³/mol. The highest BCUT2D eigenvalue weighted by atomic mass is 19.3. The second-order valence-corrected chi connectivity index (χ2v) is 10.1. The molecule has 1 amide bonds. The van der Waals surface area contributed by atoms with Gasteiger partial charge in [0, 0.05) is 24.3 Å². The number of hydrogen-bond donors (Lipinski definition) is 0. The molecule has 1 aliphatic heterocycles. The fraction of sp³-hybridized carbons (Fsp3) is 0.810. The van der Waals surface area contributed by atoms with Crippen LogP contribution in [0, 0.1) is 29.1 Å². The summed E-state index contributed by atoms with van der Waals surface area (Å²) in [6, 6.07) is -0.583. The third-order valence-corrected chi connectivity index (χ3v) is 6.66. The van der Waals surface area contributed by atoms with Crippen molar-refractivity contribution in [2.24, 2.45) is 29.1 Å². The first-order valence-electron chi connectivity index (χ1n) is 10.4. The molecular formula is C21H28F2NO7-. The van der Waals surface area contributed by atoms with Crippen molar-refractivity contribution in [3.8, 4) is 0 Å². The van der Waals surface area contributed by atoms with Gasteiger partial charge < -0.3 is 24.3 Å². The summed E-state index contributed by atoms with van der Waals surface area (Å²) in [5, 5.41) is 11.0. The fourth-order valence-corrected chi connectivity index (χ4v) is 5.71. The van der Waals surface area contributed by atoms with Crippen molar-refractivity contribution in [1.29, 1.82) is 0 Å². The van der Waals surface area contributed by atoms with Crippen LogP contribution >= 0.6 is 0 Å². The van der Waals surface area contributed by atoms with Gasteiger partial charge >= 0.3 is 17.9 Å². The Morgan fingerprint density at radius 2 is 1.74 bits per heavy atom. The molecule has 7 atom stereocenters. The van der Waals surface area contributed by atoms with Gasteiger partial charge in [-0.2, -0.15) is 8.78 Å². The number of carbonyl (C=O) groups excluding carboxylic acids is 4. The Hall–Kier alpha value is -2.26. The van der Waals surface area contributed by atoms with E-state index in [0.29, 0.717) is 6.42 Å². The lowest BCUT2D eigenvalue weighted by atomic mass is 9.78. The second kappa shape index (κ2) is 7.41. The zero-order valence-corrected chi connectivity index (χ0v) is 18.4. The molecule has 0 aromatic heterocycles. The van der Waals surface area contributed by atoms with Crippen molar-refractivity contribution in [2.75, 3.05) is 0 Å². The smallest absolute Gasteiger partial charge is 0.323 e. The number of hydrogen-bond acceptors (Lipinski definition) is 7. The lowest BCUT2D eigenvalue weighted by Gasteiger charge is -2.38. The number of amides is 1. The van der Waals surface area contributed by atoms with Crippen molar-refractivity contribution in [3.63, 3.8) is 0 Å². The van der Waals surface area contributed by atoms with Crippen LogP contribution in [0.4, 0.5) is 8.78 Å². The number of aliphatic carboxylic acids is 1. The van der Waals surface area contributed by atoms with Crippen LogP contribution in [0.25, 0.3) is 0 Å². The Balaban J connectivity index is 1.95. The maximum absolute atomic E-state index is 14.3. The highest BCUT2D eigenvalue weighted by Crippen LogP contribution is 2.60. The zero-order valence-electron chi connectivity index (χ0n) is 18.4. The molecule has 2 saturated carbocycles. The Morgan fingerprint density at radius 3 is 2.19 bits per heavy atom. The van der Waals surface area contributed by atoms with Crippen molar-refractivity contribution in [1.82, 2.24) is 4.90 Å². The van der Waals surface area contributed by atoms with Crippen molar-refractivity contribution < 1.29 is 42.5 Å². The minimum absolute atomic E-state index is 0.207. The molecule has 3 aliphatic rings. The minimum Gasteiger partial charge on any atom is -0.544 e. The van der Waals surface area contributed by atoms with E-state index >= 15 is 0 Å². The fourth-order valence-electron chi connectivity index (χ4n) is 5.71. The van der Waals surface area contributed by atoms with Gasteiger partial charge in [0.1, 0.15) is 12.1 Å². The number of carboxylic acid groups (broad SMARTS) is 1. The van der Waals surface area contributed by atoms with Gasteiger partial charge in [0.05, 0.1) is 17.9 Å². The number of alkyl halides is 2. The van der Waals surface area contributed by atoms with E-state index < -0.39 is 59.2 Å². The lowest BCUT2D eigenvalue weighted by molar-refractivity contribution is -0.339. The third-order valence-electron chi connectivity index (χ3n) is 6.66. The number of esters is 2. The summed E-state index contributed by atoms with van der Waals surface area (Å²) < 4.78 is 39.3. The number of likely N-dealkylation sites (tertiary alicyclic amines) is 1. The van der Waals surface area contributed by atoms with Gasteiger partial charge in [-0.3, -0.25) is 14.4 Å². The van der Waals surface area contributed by atoms with Crippen LogP contribution in [-0.4, -0.2) is 58.9 Å². The summed E-state index contributed by atoms with van der Waals surface area (Å²) in [5.74, 6) is -11.7. The molecule has 174 valence electrons. The predicted octanol–water partition coefficient (Wildman–Crippen LogP) is 0.763. The number of fused-ring (bicyclic) bond motifs is 1. The Morgan fingerprint density at radius 1 is 1.16 bits per heavy atom.